The summed E-state index contributed by atoms with van der Waals surface area (Å²) in [5, 5.41) is 5.06. The third-order valence-electron chi connectivity index (χ3n) is 3.79. The lowest BCUT2D eigenvalue weighted by molar-refractivity contribution is 0.0958. The molecule has 0 aliphatic rings. The van der Waals surface area contributed by atoms with Crippen molar-refractivity contribution in [3.8, 4) is 5.75 Å². The molecule has 0 bridgehead atoms. The van der Waals surface area contributed by atoms with Crippen LogP contribution in [-0.4, -0.2) is 17.1 Å². The first-order valence-corrected chi connectivity index (χ1v) is 9.80. The van der Waals surface area contributed by atoms with E-state index in [1.165, 1.54) is 0 Å². The Balaban J connectivity index is 1.60. The monoisotopic (exact) mass is 414 g/mol. The van der Waals surface area contributed by atoms with Gasteiger partial charge in [0.25, 0.3) is 5.91 Å². The number of thiazole rings is 1. The molecule has 0 aliphatic carbocycles. The maximum absolute atomic E-state index is 12.2. The minimum atomic E-state index is -0.323. The van der Waals surface area contributed by atoms with Crippen LogP contribution in [0.4, 0.5) is 5.13 Å². The van der Waals surface area contributed by atoms with E-state index in [0.29, 0.717) is 39.5 Å². The summed E-state index contributed by atoms with van der Waals surface area (Å²) in [4.78, 5) is 16.9. The van der Waals surface area contributed by atoms with Gasteiger partial charge in [0.15, 0.2) is 5.13 Å². The molecule has 144 valence electrons. The summed E-state index contributed by atoms with van der Waals surface area (Å²) < 4.78 is 5.79. The summed E-state index contributed by atoms with van der Waals surface area (Å²) in [5.74, 6) is 0.370. The molecule has 0 radical (unpaired) electrons. The first-order chi connectivity index (χ1) is 13.5. The summed E-state index contributed by atoms with van der Waals surface area (Å²) in [5.41, 5.74) is 10.6. The molecule has 3 aromatic rings. The van der Waals surface area contributed by atoms with Crippen LogP contribution in [0.5, 0.6) is 5.75 Å². The second kappa shape index (κ2) is 9.34. The number of amides is 1. The number of hydrogen-bond donors (Lipinski definition) is 2. The molecule has 2 aromatic carbocycles. The largest absolute Gasteiger partial charge is 0.489 e. The second-order valence-electron chi connectivity index (χ2n) is 5.87. The number of hydrazone groups is 1. The number of aryl methyl sites for hydroxylation is 1. The Morgan fingerprint density at radius 3 is 2.93 bits per heavy atom. The van der Waals surface area contributed by atoms with Crippen LogP contribution >= 0.6 is 22.9 Å². The Morgan fingerprint density at radius 2 is 2.14 bits per heavy atom. The fourth-order valence-corrected chi connectivity index (χ4v) is 3.51. The standard InChI is InChI=1S/C20H19ClN4O2S/c1-2-17-18(28-20(22)24-17)19(26)25-23-11-13-5-4-8-16(10-13)27-12-14-6-3-7-15(21)9-14/h3-11H,2,12H2,1H3,(H2,22,24)(H,25,26)/b23-11-. The highest BCUT2D eigenvalue weighted by atomic mass is 35.5. The number of carbonyl (C=O) groups excluding carboxylic acids is 1. The first kappa shape index (κ1) is 19.9. The van der Waals surface area contributed by atoms with E-state index >= 15 is 0 Å². The van der Waals surface area contributed by atoms with Crippen molar-refractivity contribution in [1.29, 1.82) is 0 Å². The van der Waals surface area contributed by atoms with Crippen molar-refractivity contribution in [2.24, 2.45) is 5.10 Å². The van der Waals surface area contributed by atoms with Crippen molar-refractivity contribution < 1.29 is 9.53 Å². The van der Waals surface area contributed by atoms with Crippen molar-refractivity contribution in [3.05, 3.63) is 75.3 Å². The number of halogens is 1. The number of ether oxygens (including phenoxy) is 1. The van der Waals surface area contributed by atoms with E-state index in [2.05, 4.69) is 15.5 Å². The van der Waals surface area contributed by atoms with Crippen LogP contribution in [0.15, 0.2) is 53.6 Å². The topological polar surface area (TPSA) is 89.6 Å². The molecule has 0 unspecified atom stereocenters. The highest BCUT2D eigenvalue weighted by molar-refractivity contribution is 7.17. The Morgan fingerprint density at radius 1 is 1.32 bits per heavy atom. The molecule has 0 saturated heterocycles. The maximum Gasteiger partial charge on any atom is 0.283 e. The maximum atomic E-state index is 12.2. The van der Waals surface area contributed by atoms with Gasteiger partial charge in [-0.05, 0) is 41.8 Å². The number of benzene rings is 2. The van der Waals surface area contributed by atoms with Crippen LogP contribution in [0.1, 0.15) is 33.4 Å². The van der Waals surface area contributed by atoms with Gasteiger partial charge >= 0.3 is 0 Å². The smallest absolute Gasteiger partial charge is 0.283 e. The number of nitrogens with zero attached hydrogens (tertiary/aromatic N) is 2. The number of nitrogens with one attached hydrogen (secondary N) is 1. The summed E-state index contributed by atoms with van der Waals surface area (Å²) in [6, 6.07) is 14.9. The summed E-state index contributed by atoms with van der Waals surface area (Å²) in [7, 11) is 0. The molecule has 0 saturated carbocycles. The number of carbonyl (C=O) groups is 1. The Hall–Kier alpha value is -2.90. The number of anilines is 1. The molecule has 0 atom stereocenters. The van der Waals surface area contributed by atoms with Crippen LogP contribution in [0.25, 0.3) is 0 Å². The van der Waals surface area contributed by atoms with E-state index in [4.69, 9.17) is 22.1 Å². The normalized spacial score (nSPS) is 10.9. The zero-order chi connectivity index (χ0) is 19.9. The molecule has 0 fully saturated rings. The van der Waals surface area contributed by atoms with Gasteiger partial charge in [-0.1, -0.05) is 54.1 Å². The van der Waals surface area contributed by atoms with Crippen molar-refractivity contribution in [2.45, 2.75) is 20.0 Å². The minimum Gasteiger partial charge on any atom is -0.489 e. The average molecular weight is 415 g/mol. The molecule has 1 aromatic heterocycles. The summed E-state index contributed by atoms with van der Waals surface area (Å²) in [6.07, 6.45) is 2.19. The number of rotatable bonds is 7. The van der Waals surface area contributed by atoms with Crippen LogP contribution < -0.4 is 15.9 Å². The van der Waals surface area contributed by atoms with Crippen LogP contribution in [-0.2, 0) is 13.0 Å². The molecule has 0 spiro atoms. The number of nitrogen functional groups attached to an aromatic ring is 1. The van der Waals surface area contributed by atoms with Gasteiger partial charge in [-0.25, -0.2) is 10.4 Å². The number of nitrogens with two attached hydrogens (primary N) is 1. The molecule has 3 rings (SSSR count). The van der Waals surface area contributed by atoms with Crippen LogP contribution in [0, 0.1) is 0 Å². The third kappa shape index (κ3) is 5.31. The van der Waals surface area contributed by atoms with Gasteiger partial charge in [0.05, 0.1) is 11.9 Å². The molecule has 6 nitrogen and oxygen atoms in total. The minimum absolute atomic E-state index is 0.323. The lowest BCUT2D eigenvalue weighted by Gasteiger charge is -2.07. The molecular weight excluding hydrogens is 396 g/mol. The van der Waals surface area contributed by atoms with Crippen molar-refractivity contribution in [2.75, 3.05) is 5.73 Å². The lowest BCUT2D eigenvalue weighted by Crippen LogP contribution is -2.17. The highest BCUT2D eigenvalue weighted by Crippen LogP contribution is 2.21. The highest BCUT2D eigenvalue weighted by Gasteiger charge is 2.15. The van der Waals surface area contributed by atoms with E-state index < -0.39 is 0 Å². The summed E-state index contributed by atoms with van der Waals surface area (Å²) >= 11 is 7.13. The van der Waals surface area contributed by atoms with Crippen molar-refractivity contribution >= 4 is 40.2 Å². The van der Waals surface area contributed by atoms with Crippen molar-refractivity contribution in [1.82, 2.24) is 10.4 Å². The van der Waals surface area contributed by atoms with Gasteiger partial charge in [-0.2, -0.15) is 5.10 Å². The van der Waals surface area contributed by atoms with Gasteiger partial charge in [0, 0.05) is 5.02 Å². The Kier molecular flexibility index (Phi) is 6.62. The first-order valence-electron chi connectivity index (χ1n) is 8.61. The Bertz CT molecular complexity index is 1000. The molecule has 3 N–H and O–H groups in total. The summed E-state index contributed by atoms with van der Waals surface area (Å²) in [6.45, 7) is 2.33. The Labute approximate surface area is 172 Å². The predicted octanol–water partition coefficient (Wildman–Crippen LogP) is 4.28. The fourth-order valence-electron chi connectivity index (χ4n) is 2.48. The SMILES string of the molecule is CCc1nc(N)sc1C(=O)N/N=C\c1cccc(OCc2cccc(Cl)c2)c1. The van der Waals surface area contributed by atoms with E-state index in [0.717, 1.165) is 22.5 Å². The molecule has 0 aliphatic heterocycles. The second-order valence-corrected chi connectivity index (χ2v) is 7.34. The molecule has 28 heavy (non-hydrogen) atoms. The van der Waals surface area contributed by atoms with Gasteiger partial charge in [-0.3, -0.25) is 4.79 Å². The van der Waals surface area contributed by atoms with E-state index in [9.17, 15) is 4.79 Å². The van der Waals surface area contributed by atoms with Gasteiger partial charge in [-0.15, -0.1) is 0 Å². The third-order valence-corrected chi connectivity index (χ3v) is 4.95. The lowest BCUT2D eigenvalue weighted by atomic mass is 10.2. The fraction of sp³-hybridized carbons (Fsp3) is 0.150. The van der Waals surface area contributed by atoms with Gasteiger partial charge in [0.1, 0.15) is 17.2 Å². The zero-order valence-electron chi connectivity index (χ0n) is 15.2. The van der Waals surface area contributed by atoms with Crippen LogP contribution in [0.3, 0.4) is 0 Å². The van der Waals surface area contributed by atoms with E-state index in [1.807, 2.05) is 55.5 Å². The average Bonchev–Trinajstić information content (AvgIpc) is 3.08. The van der Waals surface area contributed by atoms with Gasteiger partial charge < -0.3 is 10.5 Å². The van der Waals surface area contributed by atoms with Crippen molar-refractivity contribution in [3.63, 3.8) is 0 Å². The van der Waals surface area contributed by atoms with Crippen LogP contribution in [0.2, 0.25) is 5.02 Å². The van der Waals surface area contributed by atoms with E-state index in [1.54, 1.807) is 6.21 Å². The van der Waals surface area contributed by atoms with Gasteiger partial charge in [0.2, 0.25) is 0 Å². The molecular formula is C20H19ClN4O2S. The molecule has 1 heterocycles. The predicted molar refractivity (Wildman–Crippen MR) is 113 cm³/mol. The van der Waals surface area contributed by atoms with E-state index in [-0.39, 0.29) is 5.91 Å². The number of hydrogen-bond acceptors (Lipinski definition) is 6. The zero-order valence-corrected chi connectivity index (χ0v) is 16.8. The molecule has 8 heteroatoms. The molecule has 1 amide bonds. The quantitative estimate of drug-likeness (QED) is 0.446. The number of aromatic nitrogens is 1.